The normalized spacial score (nSPS) is 16.4. The van der Waals surface area contributed by atoms with Gasteiger partial charge in [-0.05, 0) is 60.6 Å². The van der Waals surface area contributed by atoms with Gasteiger partial charge in [-0.25, -0.2) is 0 Å². The Morgan fingerprint density at radius 2 is 1.79 bits per heavy atom. The van der Waals surface area contributed by atoms with Gasteiger partial charge in [-0.2, -0.15) is 0 Å². The van der Waals surface area contributed by atoms with Crippen LogP contribution in [0.1, 0.15) is 52.0 Å². The molecular weight excluding hydrogens is 456 g/mol. The van der Waals surface area contributed by atoms with Crippen molar-refractivity contribution in [3.8, 4) is 0 Å². The molecule has 0 saturated carbocycles. The predicted molar refractivity (Wildman–Crippen MR) is 130 cm³/mol. The molecule has 3 aromatic rings. The number of aliphatic hydroxyl groups excluding tert-OH is 1. The summed E-state index contributed by atoms with van der Waals surface area (Å²) < 4.78 is 7.16. The lowest BCUT2D eigenvalue weighted by Crippen LogP contribution is -2.32. The average Bonchev–Trinajstić information content (AvgIpc) is 3.15. The number of halogens is 1. The minimum atomic E-state index is -0.851. The van der Waals surface area contributed by atoms with Gasteiger partial charge >= 0.3 is 5.97 Å². The molecule has 1 aliphatic rings. The molecule has 7 nitrogen and oxygen atoms in total. The molecule has 3 N–H and O–H groups in total. The topological polar surface area (TPSA) is 101 Å². The van der Waals surface area contributed by atoms with E-state index in [0.29, 0.717) is 47.9 Å². The van der Waals surface area contributed by atoms with Crippen molar-refractivity contribution in [2.45, 2.75) is 31.7 Å². The first-order chi connectivity index (χ1) is 16.3. The zero-order chi connectivity index (χ0) is 24.4. The Morgan fingerprint density at radius 1 is 1.15 bits per heavy atom. The number of ether oxygens (including phenoxy) is 1. The molecule has 1 aromatic heterocycles. The van der Waals surface area contributed by atoms with Crippen molar-refractivity contribution in [1.82, 2.24) is 9.88 Å². The molecule has 2 heterocycles. The van der Waals surface area contributed by atoms with Crippen molar-refractivity contribution >= 4 is 34.4 Å². The van der Waals surface area contributed by atoms with Crippen LogP contribution in [0.4, 0.5) is 0 Å². The molecule has 2 aromatic carbocycles. The van der Waals surface area contributed by atoms with E-state index >= 15 is 0 Å². The lowest BCUT2D eigenvalue weighted by Gasteiger charge is -2.28. The summed E-state index contributed by atoms with van der Waals surface area (Å²) in [5, 5.41) is 24.1. The predicted octanol–water partition coefficient (Wildman–Crippen LogP) is 4.20. The lowest BCUT2D eigenvalue weighted by atomic mass is 9.81. The number of nitrogens with one attached hydrogen (secondary N) is 1. The van der Waals surface area contributed by atoms with Gasteiger partial charge in [0.15, 0.2) is 0 Å². The van der Waals surface area contributed by atoms with Crippen LogP contribution in [0.25, 0.3) is 10.9 Å². The molecule has 0 radical (unpaired) electrons. The van der Waals surface area contributed by atoms with Gasteiger partial charge in [0.05, 0.1) is 29.1 Å². The van der Waals surface area contributed by atoms with Crippen molar-refractivity contribution < 1.29 is 24.5 Å². The second kappa shape index (κ2) is 10.2. The number of carbonyl (C=O) groups is 2. The smallest absolute Gasteiger partial charge is 0.311 e. The highest BCUT2D eigenvalue weighted by atomic mass is 35.5. The van der Waals surface area contributed by atoms with Gasteiger partial charge in [-0.1, -0.05) is 35.9 Å². The minimum Gasteiger partial charge on any atom is -0.481 e. The Hall–Kier alpha value is -2.87. The summed E-state index contributed by atoms with van der Waals surface area (Å²) >= 11 is 6.37. The van der Waals surface area contributed by atoms with E-state index in [1.807, 2.05) is 19.1 Å². The van der Waals surface area contributed by atoms with Crippen LogP contribution in [0.15, 0.2) is 42.5 Å². The highest BCUT2D eigenvalue weighted by Crippen LogP contribution is 2.33. The average molecular weight is 485 g/mol. The first-order valence-corrected chi connectivity index (χ1v) is 11.8. The van der Waals surface area contributed by atoms with Crippen LogP contribution < -0.4 is 5.32 Å². The zero-order valence-electron chi connectivity index (χ0n) is 19.3. The fourth-order valence-electron chi connectivity index (χ4n) is 4.80. The van der Waals surface area contributed by atoms with Crippen LogP contribution >= 0.6 is 11.6 Å². The fourth-order valence-corrected chi connectivity index (χ4v) is 5.13. The Bertz CT molecular complexity index is 1200. The van der Waals surface area contributed by atoms with E-state index in [1.54, 1.807) is 41.9 Å². The Balaban J connectivity index is 1.54. The maximum atomic E-state index is 13.1. The maximum absolute atomic E-state index is 13.1. The molecule has 0 bridgehead atoms. The molecule has 1 fully saturated rings. The highest BCUT2D eigenvalue weighted by Gasteiger charge is 2.31. The molecule has 34 heavy (non-hydrogen) atoms. The van der Waals surface area contributed by atoms with Crippen molar-refractivity contribution in [1.29, 1.82) is 0 Å². The number of rotatable bonds is 7. The number of amides is 1. The number of carboxylic acid groups (broad SMARTS) is 1. The summed E-state index contributed by atoms with van der Waals surface area (Å²) in [4.78, 5) is 25.0. The maximum Gasteiger partial charge on any atom is 0.311 e. The quantitative estimate of drug-likeness (QED) is 0.466. The SMILES string of the molecule is Cc1cc(Cl)c2cc(C(=O)N[C@H](CO)c3ccc(C(C(=O)O)C4CCOCC4)cc3)n(C)c2c1. The summed E-state index contributed by atoms with van der Waals surface area (Å²) in [6.45, 7) is 2.80. The molecule has 1 saturated heterocycles. The largest absolute Gasteiger partial charge is 0.481 e. The van der Waals surface area contributed by atoms with Crippen LogP contribution in [-0.4, -0.2) is 46.5 Å². The number of nitrogens with zero attached hydrogens (tertiary/aromatic N) is 1. The van der Waals surface area contributed by atoms with Gasteiger partial charge in [0, 0.05) is 25.6 Å². The highest BCUT2D eigenvalue weighted by molar-refractivity contribution is 6.35. The Labute approximate surface area is 203 Å². The number of carbonyl (C=O) groups excluding carboxylic acids is 1. The number of hydrogen-bond donors (Lipinski definition) is 3. The first kappa shape index (κ1) is 24.3. The zero-order valence-corrected chi connectivity index (χ0v) is 20.0. The van der Waals surface area contributed by atoms with Crippen molar-refractivity contribution in [2.24, 2.45) is 13.0 Å². The second-order valence-electron chi connectivity index (χ2n) is 8.91. The number of aryl methyl sites for hydroxylation is 2. The summed E-state index contributed by atoms with van der Waals surface area (Å²) in [5.74, 6) is -1.77. The van der Waals surface area contributed by atoms with Gasteiger partial charge in [0.25, 0.3) is 5.91 Å². The van der Waals surface area contributed by atoms with Gasteiger partial charge in [-0.15, -0.1) is 0 Å². The van der Waals surface area contributed by atoms with Gasteiger partial charge in [0.2, 0.25) is 0 Å². The molecule has 4 rings (SSSR count). The van der Waals surface area contributed by atoms with E-state index in [0.717, 1.165) is 16.5 Å². The van der Waals surface area contributed by atoms with E-state index in [2.05, 4.69) is 5.32 Å². The molecule has 8 heteroatoms. The first-order valence-electron chi connectivity index (χ1n) is 11.4. The summed E-state index contributed by atoms with van der Waals surface area (Å²) in [5.41, 5.74) is 3.70. The lowest BCUT2D eigenvalue weighted by molar-refractivity contribution is -0.141. The summed E-state index contributed by atoms with van der Waals surface area (Å²) in [7, 11) is 1.80. The van der Waals surface area contributed by atoms with E-state index < -0.39 is 17.9 Å². The standard InChI is InChI=1S/C26H29ClN2O5/c1-15-11-20(27)19-13-23(29(2)22(19)12-15)25(31)28-21(14-30)16-3-5-17(6-4-16)24(26(32)33)18-7-9-34-10-8-18/h3-6,11-13,18,21,24,30H,7-10,14H2,1-2H3,(H,28,31)(H,32,33)/t21-,24?/m1/s1. The molecule has 1 unspecified atom stereocenters. The Morgan fingerprint density at radius 3 is 2.41 bits per heavy atom. The number of fused-ring (bicyclic) bond motifs is 1. The van der Waals surface area contributed by atoms with E-state index in [-0.39, 0.29) is 18.4 Å². The number of aromatic nitrogens is 1. The van der Waals surface area contributed by atoms with Crippen molar-refractivity contribution in [3.63, 3.8) is 0 Å². The van der Waals surface area contributed by atoms with Gasteiger partial charge in [0.1, 0.15) is 5.69 Å². The number of hydrogen-bond acceptors (Lipinski definition) is 4. The number of carboxylic acids is 1. The molecule has 0 aliphatic carbocycles. The summed E-state index contributed by atoms with van der Waals surface area (Å²) in [6, 6.07) is 12.0. The van der Waals surface area contributed by atoms with E-state index in [4.69, 9.17) is 16.3 Å². The minimum absolute atomic E-state index is 0.0207. The van der Waals surface area contributed by atoms with E-state index in [9.17, 15) is 19.8 Å². The van der Waals surface area contributed by atoms with Gasteiger partial charge in [-0.3, -0.25) is 9.59 Å². The third-order valence-electron chi connectivity index (χ3n) is 6.68. The third kappa shape index (κ3) is 4.82. The van der Waals surface area contributed by atoms with E-state index in [1.165, 1.54) is 0 Å². The molecule has 180 valence electrons. The van der Waals surface area contributed by atoms with Crippen LogP contribution in [-0.2, 0) is 16.6 Å². The monoisotopic (exact) mass is 484 g/mol. The summed E-state index contributed by atoms with van der Waals surface area (Å²) in [6.07, 6.45) is 1.42. The number of benzene rings is 2. The molecule has 1 aliphatic heterocycles. The van der Waals surface area contributed by atoms with Crippen LogP contribution in [0.3, 0.4) is 0 Å². The fraction of sp³-hybridized carbons (Fsp3) is 0.385. The van der Waals surface area contributed by atoms with Crippen molar-refractivity contribution in [2.75, 3.05) is 19.8 Å². The molecule has 2 atom stereocenters. The van der Waals surface area contributed by atoms with Crippen LogP contribution in [0.5, 0.6) is 0 Å². The molecule has 1 amide bonds. The Kier molecular flexibility index (Phi) is 7.26. The second-order valence-corrected chi connectivity index (χ2v) is 9.32. The number of aliphatic carboxylic acids is 1. The van der Waals surface area contributed by atoms with Gasteiger partial charge < -0.3 is 24.8 Å². The van der Waals surface area contributed by atoms with Crippen LogP contribution in [0.2, 0.25) is 5.02 Å². The van der Waals surface area contributed by atoms with Crippen molar-refractivity contribution in [3.05, 3.63) is 69.9 Å². The molecule has 0 spiro atoms. The molecular formula is C26H29ClN2O5. The third-order valence-corrected chi connectivity index (χ3v) is 6.99. The van der Waals surface area contributed by atoms with Crippen LogP contribution in [0, 0.1) is 12.8 Å². The number of aliphatic hydroxyl groups is 1.